The molecule has 0 aliphatic rings. The number of hydrogen-bond donors (Lipinski definition) is 1. The Morgan fingerprint density at radius 2 is 1.32 bits per heavy atom. The van der Waals surface area contributed by atoms with Crippen molar-refractivity contribution in [2.45, 2.75) is 96.8 Å². The second-order valence-corrected chi connectivity index (χ2v) is 7.09. The van der Waals surface area contributed by atoms with Crippen LogP contribution in [0.25, 0.3) is 0 Å². The minimum absolute atomic E-state index is 0.0403. The Morgan fingerprint density at radius 1 is 0.840 bits per heavy atom. The molecule has 3 nitrogen and oxygen atoms in total. The van der Waals surface area contributed by atoms with Crippen molar-refractivity contribution in [2.24, 2.45) is 0 Å². The SMILES string of the molecule is CCCCCCCCCCCCCCCc1cccc([O-])c1C(=O)O. The zero-order chi connectivity index (χ0) is 18.3. The van der Waals surface area contributed by atoms with E-state index in [1.807, 2.05) is 0 Å². The molecule has 25 heavy (non-hydrogen) atoms. The Balaban J connectivity index is 2.01. The molecular weight excluding hydrogens is 312 g/mol. The predicted octanol–water partition coefficient (Wildman–Crippen LogP) is 6.09. The first kappa shape index (κ1) is 21.5. The van der Waals surface area contributed by atoms with Crippen LogP contribution >= 0.6 is 0 Å². The van der Waals surface area contributed by atoms with E-state index >= 15 is 0 Å². The van der Waals surface area contributed by atoms with Gasteiger partial charge in [0.15, 0.2) is 0 Å². The van der Waals surface area contributed by atoms with Crippen molar-refractivity contribution in [2.75, 3.05) is 0 Å². The first-order chi connectivity index (χ1) is 12.2. The van der Waals surface area contributed by atoms with E-state index in [2.05, 4.69) is 6.92 Å². The second-order valence-electron chi connectivity index (χ2n) is 7.09. The molecular formula is C22H35O3-. The fourth-order valence-electron chi connectivity index (χ4n) is 3.36. The largest absolute Gasteiger partial charge is 0.872 e. The van der Waals surface area contributed by atoms with Crippen molar-refractivity contribution in [3.8, 4) is 5.75 Å². The van der Waals surface area contributed by atoms with Gasteiger partial charge in [-0.1, -0.05) is 108 Å². The first-order valence-corrected chi connectivity index (χ1v) is 10.2. The van der Waals surface area contributed by atoms with Crippen LogP contribution in [0.2, 0.25) is 0 Å². The van der Waals surface area contributed by atoms with E-state index in [0.717, 1.165) is 12.8 Å². The normalized spacial score (nSPS) is 10.9. The average Bonchev–Trinajstić information content (AvgIpc) is 2.58. The predicted molar refractivity (Wildman–Crippen MR) is 102 cm³/mol. The zero-order valence-corrected chi connectivity index (χ0v) is 15.9. The van der Waals surface area contributed by atoms with Gasteiger partial charge in [-0.3, -0.25) is 0 Å². The molecule has 0 aliphatic heterocycles. The van der Waals surface area contributed by atoms with E-state index < -0.39 is 5.97 Å². The molecule has 1 N–H and O–H groups in total. The smallest absolute Gasteiger partial charge is 0.335 e. The van der Waals surface area contributed by atoms with Crippen LogP contribution in [0.5, 0.6) is 5.75 Å². The molecule has 142 valence electrons. The van der Waals surface area contributed by atoms with Gasteiger partial charge in [-0.15, -0.1) is 0 Å². The number of aromatic carboxylic acids is 1. The number of hydrogen-bond acceptors (Lipinski definition) is 2. The van der Waals surface area contributed by atoms with Crippen LogP contribution < -0.4 is 5.11 Å². The minimum Gasteiger partial charge on any atom is -0.872 e. The molecule has 0 heterocycles. The highest BCUT2D eigenvalue weighted by molar-refractivity contribution is 5.92. The number of carboxylic acids is 1. The van der Waals surface area contributed by atoms with E-state index in [0.29, 0.717) is 12.0 Å². The van der Waals surface area contributed by atoms with E-state index in [4.69, 9.17) is 5.11 Å². The van der Waals surface area contributed by atoms with Gasteiger partial charge < -0.3 is 10.2 Å². The lowest BCUT2D eigenvalue weighted by Gasteiger charge is -2.14. The second kappa shape index (κ2) is 13.7. The summed E-state index contributed by atoms with van der Waals surface area (Å²) in [5.74, 6) is -1.48. The van der Waals surface area contributed by atoms with Crippen LogP contribution in [0.3, 0.4) is 0 Å². The number of rotatable bonds is 15. The summed E-state index contributed by atoms with van der Waals surface area (Å²) in [5.41, 5.74) is 0.643. The molecule has 3 heteroatoms. The quantitative estimate of drug-likeness (QED) is 0.390. The number of carbonyl (C=O) groups is 1. The molecule has 1 rings (SSSR count). The van der Waals surface area contributed by atoms with E-state index in [1.54, 1.807) is 12.1 Å². The molecule has 0 bridgehead atoms. The summed E-state index contributed by atoms with van der Waals surface area (Å²) in [7, 11) is 0. The summed E-state index contributed by atoms with van der Waals surface area (Å²) >= 11 is 0. The Morgan fingerprint density at radius 3 is 1.80 bits per heavy atom. The lowest BCUT2D eigenvalue weighted by molar-refractivity contribution is -0.268. The van der Waals surface area contributed by atoms with Crippen molar-refractivity contribution < 1.29 is 15.0 Å². The van der Waals surface area contributed by atoms with E-state index in [1.165, 1.54) is 76.7 Å². The molecule has 0 aromatic heterocycles. The first-order valence-electron chi connectivity index (χ1n) is 10.2. The maximum absolute atomic E-state index is 11.6. The fraction of sp³-hybridized carbons (Fsp3) is 0.682. The lowest BCUT2D eigenvalue weighted by atomic mass is 9.99. The van der Waals surface area contributed by atoms with Gasteiger partial charge in [0.25, 0.3) is 0 Å². The van der Waals surface area contributed by atoms with Crippen LogP contribution in [-0.4, -0.2) is 11.1 Å². The Labute approximate surface area is 153 Å². The van der Waals surface area contributed by atoms with Gasteiger partial charge in [-0.2, -0.15) is 0 Å². The van der Waals surface area contributed by atoms with Crippen molar-refractivity contribution in [1.82, 2.24) is 0 Å². The summed E-state index contributed by atoms with van der Waals surface area (Å²) in [6.07, 6.45) is 17.5. The lowest BCUT2D eigenvalue weighted by Crippen LogP contribution is -2.08. The molecule has 0 saturated heterocycles. The average molecular weight is 348 g/mol. The molecule has 0 radical (unpaired) electrons. The third-order valence-electron chi connectivity index (χ3n) is 4.88. The van der Waals surface area contributed by atoms with Gasteiger partial charge in [0.1, 0.15) is 0 Å². The van der Waals surface area contributed by atoms with Crippen molar-refractivity contribution in [3.05, 3.63) is 29.3 Å². The van der Waals surface area contributed by atoms with Crippen LogP contribution in [0.15, 0.2) is 18.2 Å². The number of aryl methyl sites for hydroxylation is 1. The third-order valence-corrected chi connectivity index (χ3v) is 4.88. The maximum Gasteiger partial charge on any atom is 0.335 e. The van der Waals surface area contributed by atoms with Gasteiger partial charge >= 0.3 is 5.97 Å². The number of benzene rings is 1. The molecule has 0 unspecified atom stereocenters. The highest BCUT2D eigenvalue weighted by atomic mass is 16.4. The van der Waals surface area contributed by atoms with Gasteiger partial charge in [-0.25, -0.2) is 4.79 Å². The molecule has 0 atom stereocenters. The summed E-state index contributed by atoms with van der Waals surface area (Å²) < 4.78 is 0. The molecule has 0 amide bonds. The standard InChI is InChI=1S/C22H36O3/c1-2-3-4-5-6-7-8-9-10-11-12-13-14-16-19-17-15-18-20(23)21(19)22(24)25/h15,17-18,23H,2-14,16H2,1H3,(H,24,25)/p-1. The van der Waals surface area contributed by atoms with Gasteiger partial charge in [0.05, 0.1) is 5.56 Å². The van der Waals surface area contributed by atoms with Crippen molar-refractivity contribution in [1.29, 1.82) is 0 Å². The van der Waals surface area contributed by atoms with Crippen LogP contribution in [-0.2, 0) is 6.42 Å². The molecule has 0 saturated carbocycles. The number of carboxylic acid groups (broad SMARTS) is 1. The van der Waals surface area contributed by atoms with Crippen molar-refractivity contribution >= 4 is 5.97 Å². The van der Waals surface area contributed by atoms with Crippen LogP contribution in [0, 0.1) is 0 Å². The summed E-state index contributed by atoms with van der Waals surface area (Å²) in [4.78, 5) is 11.2. The monoisotopic (exact) mass is 347 g/mol. The summed E-state index contributed by atoms with van der Waals surface area (Å²) in [6, 6.07) is 4.76. The van der Waals surface area contributed by atoms with Gasteiger partial charge in [-0.05, 0) is 18.4 Å². The Bertz CT molecular complexity index is 482. The van der Waals surface area contributed by atoms with Gasteiger partial charge in [0, 0.05) is 0 Å². The molecule has 1 aromatic carbocycles. The topological polar surface area (TPSA) is 60.4 Å². The van der Waals surface area contributed by atoms with E-state index in [-0.39, 0.29) is 11.3 Å². The molecule has 0 fully saturated rings. The zero-order valence-electron chi connectivity index (χ0n) is 15.9. The highest BCUT2D eigenvalue weighted by Crippen LogP contribution is 2.21. The third kappa shape index (κ3) is 9.52. The summed E-state index contributed by atoms with van der Waals surface area (Å²) in [6.45, 7) is 2.26. The highest BCUT2D eigenvalue weighted by Gasteiger charge is 2.09. The molecule has 1 aromatic rings. The Kier molecular flexibility index (Phi) is 11.8. The number of unbranched alkanes of at least 4 members (excludes halogenated alkanes) is 12. The van der Waals surface area contributed by atoms with Crippen LogP contribution in [0.1, 0.15) is 106 Å². The van der Waals surface area contributed by atoms with Crippen LogP contribution in [0.4, 0.5) is 0 Å². The van der Waals surface area contributed by atoms with E-state index in [9.17, 15) is 9.90 Å². The van der Waals surface area contributed by atoms with Crippen molar-refractivity contribution in [3.63, 3.8) is 0 Å². The Hall–Kier alpha value is -1.51. The minimum atomic E-state index is -1.10. The maximum atomic E-state index is 11.6. The summed E-state index contributed by atoms with van der Waals surface area (Å²) in [5, 5.41) is 20.8. The van der Waals surface area contributed by atoms with Gasteiger partial charge in [0.2, 0.25) is 0 Å². The molecule has 0 spiro atoms. The molecule has 0 aliphatic carbocycles. The fourth-order valence-corrected chi connectivity index (χ4v) is 3.36.